The maximum atomic E-state index is 12.6. The van der Waals surface area contributed by atoms with Gasteiger partial charge in [-0.15, -0.1) is 0 Å². The zero-order valence-electron chi connectivity index (χ0n) is 21.4. The van der Waals surface area contributed by atoms with Gasteiger partial charge in [0.15, 0.2) is 0 Å². The van der Waals surface area contributed by atoms with E-state index in [9.17, 15) is 14.4 Å². The Balaban J connectivity index is 1.81. The molecule has 3 rings (SSSR count). The third kappa shape index (κ3) is 7.66. The first-order chi connectivity index (χ1) is 17.5. The first kappa shape index (κ1) is 27.9. The molecule has 12 heteroatoms. The second-order valence-electron chi connectivity index (χ2n) is 9.07. The summed E-state index contributed by atoms with van der Waals surface area (Å²) in [6, 6.07) is 8.86. The minimum absolute atomic E-state index is 0.0209. The molecule has 1 amide bonds. The molecule has 11 nitrogen and oxygen atoms in total. The number of hydrogen-bond acceptors (Lipinski definition) is 8. The van der Waals surface area contributed by atoms with Crippen LogP contribution in [0.25, 0.3) is 11.3 Å². The van der Waals surface area contributed by atoms with Gasteiger partial charge in [0.2, 0.25) is 5.88 Å². The summed E-state index contributed by atoms with van der Waals surface area (Å²) in [4.78, 5) is 41.1. The number of aromatic nitrogens is 4. The van der Waals surface area contributed by atoms with Crippen molar-refractivity contribution in [2.24, 2.45) is 7.05 Å². The van der Waals surface area contributed by atoms with Gasteiger partial charge in [-0.3, -0.25) is 18.8 Å². The number of benzene rings is 1. The molecule has 0 spiro atoms. The Morgan fingerprint density at radius 3 is 2.46 bits per heavy atom. The minimum atomic E-state index is -0.688. The van der Waals surface area contributed by atoms with E-state index >= 15 is 0 Å². The van der Waals surface area contributed by atoms with Crippen LogP contribution in [-0.2, 0) is 27.9 Å². The van der Waals surface area contributed by atoms with Crippen molar-refractivity contribution in [3.05, 3.63) is 63.2 Å². The molecule has 2 aromatic heterocycles. The Bertz CT molecular complexity index is 1300. The van der Waals surface area contributed by atoms with Gasteiger partial charge in [0.25, 0.3) is 5.56 Å². The van der Waals surface area contributed by atoms with E-state index in [1.54, 1.807) is 38.6 Å². The molecular weight excluding hydrogens is 546 g/mol. The Morgan fingerprint density at radius 2 is 1.86 bits per heavy atom. The summed E-state index contributed by atoms with van der Waals surface area (Å²) in [6.45, 7) is 6.88. The predicted molar refractivity (Wildman–Crippen MR) is 139 cm³/mol. The fourth-order valence-corrected chi connectivity index (χ4v) is 3.83. The summed E-state index contributed by atoms with van der Waals surface area (Å²) in [6.07, 6.45) is 2.31. The van der Waals surface area contributed by atoms with Gasteiger partial charge in [-0.05, 0) is 60.8 Å². The van der Waals surface area contributed by atoms with Crippen molar-refractivity contribution in [1.82, 2.24) is 24.6 Å². The average Bonchev–Trinajstić information content (AvgIpc) is 3.25. The Morgan fingerprint density at radius 1 is 1.16 bits per heavy atom. The van der Waals surface area contributed by atoms with Crippen LogP contribution in [0.15, 0.2) is 52.1 Å². The monoisotopic (exact) mass is 575 g/mol. The van der Waals surface area contributed by atoms with Crippen LogP contribution in [0.3, 0.4) is 0 Å². The number of carbonyl (C=O) groups excluding carboxylic acids is 2. The number of halogens is 1. The second-order valence-corrected chi connectivity index (χ2v) is 9.87. The highest BCUT2D eigenvalue weighted by molar-refractivity contribution is 9.10. The smallest absolute Gasteiger partial charge is 0.408 e. The highest BCUT2D eigenvalue weighted by Crippen LogP contribution is 2.24. The van der Waals surface area contributed by atoms with Crippen LogP contribution in [0.1, 0.15) is 39.3 Å². The van der Waals surface area contributed by atoms with Gasteiger partial charge >= 0.3 is 12.1 Å². The van der Waals surface area contributed by atoms with Crippen molar-refractivity contribution in [2.75, 3.05) is 13.2 Å². The number of amides is 1. The first-order valence-corrected chi connectivity index (χ1v) is 12.4. The van der Waals surface area contributed by atoms with E-state index in [2.05, 4.69) is 31.3 Å². The maximum Gasteiger partial charge on any atom is 0.408 e. The van der Waals surface area contributed by atoms with Crippen LogP contribution >= 0.6 is 15.9 Å². The number of rotatable bonds is 9. The summed E-state index contributed by atoms with van der Waals surface area (Å²) in [7, 11) is 1.86. The molecular formula is C25H30BrN5O6. The van der Waals surface area contributed by atoms with Crippen molar-refractivity contribution in [3.63, 3.8) is 0 Å². The molecule has 0 aliphatic carbocycles. The van der Waals surface area contributed by atoms with Crippen LogP contribution in [-0.4, -0.2) is 50.2 Å². The highest BCUT2D eigenvalue weighted by Gasteiger charge is 2.23. The van der Waals surface area contributed by atoms with Crippen LogP contribution in [0.2, 0.25) is 0 Å². The third-order valence-corrected chi connectivity index (χ3v) is 5.74. The van der Waals surface area contributed by atoms with Gasteiger partial charge in [0.05, 0.1) is 18.3 Å². The van der Waals surface area contributed by atoms with E-state index < -0.39 is 29.3 Å². The summed E-state index contributed by atoms with van der Waals surface area (Å²) in [5, 5.41) is 7.01. The summed E-state index contributed by atoms with van der Waals surface area (Å²) in [5.74, 6) is -0.532. The molecule has 0 aliphatic rings. The molecule has 2 heterocycles. The fraction of sp³-hybridized carbons (Fsp3) is 0.400. The van der Waals surface area contributed by atoms with Crippen LogP contribution < -0.4 is 15.6 Å². The molecule has 198 valence electrons. The van der Waals surface area contributed by atoms with Crippen LogP contribution in [0.4, 0.5) is 4.79 Å². The SMILES string of the molecule is CCOC(=O)Cn1cnc(OC[C@H](NC(=O)OC(C)(C)C)c2ccc(-c3ccnn3C)cc2)c(Br)c1=O. The fourth-order valence-electron chi connectivity index (χ4n) is 3.38. The molecule has 0 aliphatic heterocycles. The Hall–Kier alpha value is -3.67. The molecule has 0 saturated heterocycles. The number of esters is 1. The lowest BCUT2D eigenvalue weighted by molar-refractivity contribution is -0.143. The number of hydrogen-bond donors (Lipinski definition) is 1. The number of ether oxygens (including phenoxy) is 3. The first-order valence-electron chi connectivity index (χ1n) is 11.6. The molecule has 3 aromatic rings. The quantitative estimate of drug-likeness (QED) is 0.383. The van der Waals surface area contributed by atoms with E-state index in [4.69, 9.17) is 14.2 Å². The average molecular weight is 576 g/mol. The van der Waals surface area contributed by atoms with Crippen molar-refractivity contribution >= 4 is 28.0 Å². The predicted octanol–water partition coefficient (Wildman–Crippen LogP) is 3.61. The summed E-state index contributed by atoms with van der Waals surface area (Å²) in [5.41, 5.74) is 1.46. The Kier molecular flexibility index (Phi) is 9.09. The normalized spacial score (nSPS) is 12.1. The lowest BCUT2D eigenvalue weighted by Gasteiger charge is -2.24. The van der Waals surface area contributed by atoms with E-state index in [0.717, 1.165) is 21.4 Å². The lowest BCUT2D eigenvalue weighted by atomic mass is 10.0. The van der Waals surface area contributed by atoms with E-state index in [-0.39, 0.29) is 30.1 Å². The van der Waals surface area contributed by atoms with Gasteiger partial charge < -0.3 is 19.5 Å². The highest BCUT2D eigenvalue weighted by atomic mass is 79.9. The molecule has 0 saturated carbocycles. The number of nitrogens with one attached hydrogen (secondary N) is 1. The summed E-state index contributed by atoms with van der Waals surface area (Å²) < 4.78 is 19.0. The zero-order valence-corrected chi connectivity index (χ0v) is 22.9. The molecule has 1 aromatic carbocycles. The van der Waals surface area contributed by atoms with Gasteiger partial charge in [-0.1, -0.05) is 24.3 Å². The van der Waals surface area contributed by atoms with Gasteiger partial charge in [-0.2, -0.15) is 5.10 Å². The second kappa shape index (κ2) is 12.0. The largest absolute Gasteiger partial charge is 0.474 e. The van der Waals surface area contributed by atoms with Crippen molar-refractivity contribution in [2.45, 2.75) is 45.9 Å². The van der Waals surface area contributed by atoms with Gasteiger partial charge in [-0.25, -0.2) is 9.78 Å². The van der Waals surface area contributed by atoms with Gasteiger partial charge in [0, 0.05) is 13.2 Å². The number of carbonyl (C=O) groups is 2. The van der Waals surface area contributed by atoms with E-state index in [0.29, 0.717) is 0 Å². The van der Waals surface area contributed by atoms with Crippen LogP contribution in [0, 0.1) is 0 Å². The standard InChI is InChI=1S/C25H30BrN5O6/c1-6-35-20(32)13-31-15-27-22(21(26)23(31)33)36-14-18(29-24(34)37-25(2,3)4)16-7-9-17(10-8-16)19-11-12-28-30(19)5/h7-12,15,18H,6,13-14H2,1-5H3,(H,29,34)/t18-/m0/s1. The van der Waals surface area contributed by atoms with E-state index in [1.165, 1.54) is 6.33 Å². The van der Waals surface area contributed by atoms with Gasteiger partial charge in [0.1, 0.15) is 29.6 Å². The number of nitrogens with zero attached hydrogens (tertiary/aromatic N) is 4. The zero-order chi connectivity index (χ0) is 27.2. The van der Waals surface area contributed by atoms with Crippen molar-refractivity contribution < 1.29 is 23.8 Å². The lowest BCUT2D eigenvalue weighted by Crippen LogP contribution is -2.37. The number of alkyl carbamates (subject to hydrolysis) is 1. The van der Waals surface area contributed by atoms with E-state index in [1.807, 2.05) is 37.4 Å². The Labute approximate surface area is 222 Å². The molecule has 0 bridgehead atoms. The maximum absolute atomic E-state index is 12.6. The minimum Gasteiger partial charge on any atom is -0.474 e. The molecule has 0 unspecified atom stereocenters. The third-order valence-electron chi connectivity index (χ3n) is 5.06. The topological polar surface area (TPSA) is 127 Å². The molecule has 37 heavy (non-hydrogen) atoms. The molecule has 0 fully saturated rings. The van der Waals surface area contributed by atoms with Crippen molar-refractivity contribution in [1.29, 1.82) is 0 Å². The van der Waals surface area contributed by atoms with Crippen molar-refractivity contribution in [3.8, 4) is 17.1 Å². The molecule has 0 radical (unpaired) electrons. The summed E-state index contributed by atoms with van der Waals surface area (Å²) >= 11 is 3.20. The number of aryl methyl sites for hydroxylation is 1. The molecule has 1 N–H and O–H groups in total. The molecule has 1 atom stereocenters. The van der Waals surface area contributed by atoms with Crippen LogP contribution in [0.5, 0.6) is 5.88 Å².